The van der Waals surface area contributed by atoms with Crippen LogP contribution in [0.2, 0.25) is 0 Å². The summed E-state index contributed by atoms with van der Waals surface area (Å²) >= 11 is 0. The molecule has 1 atom stereocenters. The summed E-state index contributed by atoms with van der Waals surface area (Å²) in [6.45, 7) is 1.82. The van der Waals surface area contributed by atoms with Gasteiger partial charge in [0.1, 0.15) is 17.9 Å². The number of nitrogens with two attached hydrogens (primary N) is 1. The van der Waals surface area contributed by atoms with E-state index in [4.69, 9.17) is 10.8 Å². The van der Waals surface area contributed by atoms with Crippen LogP contribution in [0.25, 0.3) is 0 Å². The maximum absolute atomic E-state index is 12.1. The monoisotopic (exact) mass is 393 g/mol. The highest BCUT2D eigenvalue weighted by Gasteiger charge is 2.30. The SMILES string of the molecule is CC(CC(=O)O)c1ccc(C(N)=NC=Nc2ccc(OC(F)(F)F)cc2)cc1. The summed E-state index contributed by atoms with van der Waals surface area (Å²) in [5.74, 6) is -1.15. The van der Waals surface area contributed by atoms with Gasteiger partial charge >= 0.3 is 12.3 Å². The lowest BCUT2D eigenvalue weighted by Crippen LogP contribution is -2.16. The van der Waals surface area contributed by atoms with Gasteiger partial charge in [0.2, 0.25) is 0 Å². The third-order valence-corrected chi connectivity index (χ3v) is 3.73. The van der Waals surface area contributed by atoms with Crippen LogP contribution in [0.5, 0.6) is 5.75 Å². The Balaban J connectivity index is 2.00. The summed E-state index contributed by atoms with van der Waals surface area (Å²) in [5.41, 5.74) is 7.76. The predicted molar refractivity (Wildman–Crippen MR) is 99.1 cm³/mol. The third kappa shape index (κ3) is 6.75. The molecule has 0 saturated heterocycles. The molecule has 0 radical (unpaired) electrons. The van der Waals surface area contributed by atoms with Gasteiger partial charge in [-0.25, -0.2) is 9.98 Å². The summed E-state index contributed by atoms with van der Waals surface area (Å²) < 4.78 is 40.1. The van der Waals surface area contributed by atoms with Crippen molar-refractivity contribution in [3.05, 3.63) is 59.7 Å². The second-order valence-electron chi connectivity index (χ2n) is 5.92. The molecule has 1 unspecified atom stereocenters. The van der Waals surface area contributed by atoms with Crippen molar-refractivity contribution in [3.63, 3.8) is 0 Å². The minimum atomic E-state index is -4.75. The van der Waals surface area contributed by atoms with E-state index in [1.165, 1.54) is 18.5 Å². The molecule has 0 spiro atoms. The maximum Gasteiger partial charge on any atom is 0.573 e. The first kappa shape index (κ1) is 20.9. The van der Waals surface area contributed by atoms with Crippen LogP contribution in [0.3, 0.4) is 0 Å². The third-order valence-electron chi connectivity index (χ3n) is 3.73. The Bertz CT molecular complexity index is 861. The van der Waals surface area contributed by atoms with E-state index >= 15 is 0 Å². The first-order valence-corrected chi connectivity index (χ1v) is 8.18. The number of nitrogens with zero attached hydrogens (tertiary/aromatic N) is 2. The zero-order chi connectivity index (χ0) is 20.7. The molecule has 148 valence electrons. The molecule has 0 fully saturated rings. The Hall–Kier alpha value is -3.36. The molecular formula is C19H18F3N3O3. The minimum Gasteiger partial charge on any atom is -0.481 e. The number of rotatable bonds is 7. The summed E-state index contributed by atoms with van der Waals surface area (Å²) in [6, 6.07) is 12.0. The molecule has 0 bridgehead atoms. The Labute approximate surface area is 159 Å². The maximum atomic E-state index is 12.1. The average Bonchev–Trinajstić information content (AvgIpc) is 2.61. The highest BCUT2D eigenvalue weighted by Crippen LogP contribution is 2.24. The fourth-order valence-electron chi connectivity index (χ4n) is 2.33. The number of hydrogen-bond acceptors (Lipinski definition) is 3. The number of aliphatic imine (C=N–C) groups is 2. The van der Waals surface area contributed by atoms with Gasteiger partial charge in [-0.2, -0.15) is 0 Å². The highest BCUT2D eigenvalue weighted by molar-refractivity contribution is 6.01. The number of hydrogen-bond donors (Lipinski definition) is 2. The van der Waals surface area contributed by atoms with Gasteiger partial charge in [-0.3, -0.25) is 4.79 Å². The van der Waals surface area contributed by atoms with E-state index in [1.54, 1.807) is 24.3 Å². The van der Waals surface area contributed by atoms with Gasteiger partial charge in [-0.05, 0) is 35.7 Å². The lowest BCUT2D eigenvalue weighted by molar-refractivity contribution is -0.274. The topological polar surface area (TPSA) is 97.3 Å². The van der Waals surface area contributed by atoms with E-state index in [9.17, 15) is 18.0 Å². The van der Waals surface area contributed by atoms with Crippen molar-refractivity contribution in [1.29, 1.82) is 0 Å². The van der Waals surface area contributed by atoms with Crippen molar-refractivity contribution >= 4 is 23.8 Å². The zero-order valence-electron chi connectivity index (χ0n) is 14.8. The summed E-state index contributed by atoms with van der Waals surface area (Å²) in [4.78, 5) is 18.7. The van der Waals surface area contributed by atoms with Gasteiger partial charge < -0.3 is 15.6 Å². The summed E-state index contributed by atoms with van der Waals surface area (Å²) in [7, 11) is 0. The van der Waals surface area contributed by atoms with Crippen molar-refractivity contribution in [1.82, 2.24) is 0 Å². The van der Waals surface area contributed by atoms with E-state index in [1.807, 2.05) is 6.92 Å². The summed E-state index contributed by atoms with van der Waals surface area (Å²) in [6.07, 6.45) is -3.53. The molecule has 0 aliphatic rings. The molecule has 9 heteroatoms. The normalized spacial score (nSPS) is 13.5. The molecule has 28 heavy (non-hydrogen) atoms. The molecule has 0 aliphatic heterocycles. The van der Waals surface area contributed by atoms with Crippen LogP contribution in [0.15, 0.2) is 58.5 Å². The predicted octanol–water partition coefficient (Wildman–Crippen LogP) is 4.23. The number of carboxylic acid groups (broad SMARTS) is 1. The second kappa shape index (κ2) is 9.03. The lowest BCUT2D eigenvalue weighted by Gasteiger charge is -2.09. The quantitative estimate of drug-likeness (QED) is 0.543. The van der Waals surface area contributed by atoms with Crippen LogP contribution in [0.4, 0.5) is 18.9 Å². The molecule has 2 rings (SSSR count). The molecule has 0 aliphatic carbocycles. The number of alkyl halides is 3. The number of carboxylic acids is 1. The van der Waals surface area contributed by atoms with E-state index in [0.29, 0.717) is 11.3 Å². The second-order valence-corrected chi connectivity index (χ2v) is 5.92. The van der Waals surface area contributed by atoms with Crippen LogP contribution in [0, 0.1) is 0 Å². The molecular weight excluding hydrogens is 375 g/mol. The van der Waals surface area contributed by atoms with E-state index in [-0.39, 0.29) is 23.9 Å². The van der Waals surface area contributed by atoms with Gasteiger partial charge in [0, 0.05) is 5.56 Å². The van der Waals surface area contributed by atoms with Gasteiger partial charge in [0.15, 0.2) is 0 Å². The van der Waals surface area contributed by atoms with Crippen LogP contribution < -0.4 is 10.5 Å². The van der Waals surface area contributed by atoms with Crippen molar-refractivity contribution in [3.8, 4) is 5.75 Å². The Morgan fingerprint density at radius 2 is 1.79 bits per heavy atom. The molecule has 6 nitrogen and oxygen atoms in total. The van der Waals surface area contributed by atoms with Gasteiger partial charge in [0.25, 0.3) is 0 Å². The molecule has 0 heterocycles. The Morgan fingerprint density at radius 3 is 2.32 bits per heavy atom. The standard InChI is InChI=1S/C19H18F3N3O3/c1-12(10-17(26)27)13-2-4-14(5-3-13)18(23)25-11-24-15-6-8-16(9-7-15)28-19(20,21)22/h2-9,11-12H,10H2,1H3,(H,26,27)(H2,23,24,25). The van der Waals surface area contributed by atoms with Crippen LogP contribution in [0.1, 0.15) is 30.4 Å². The largest absolute Gasteiger partial charge is 0.573 e. The average molecular weight is 393 g/mol. The molecule has 2 aromatic carbocycles. The Morgan fingerprint density at radius 1 is 1.18 bits per heavy atom. The van der Waals surface area contributed by atoms with Crippen molar-refractivity contribution in [2.24, 2.45) is 15.7 Å². The van der Waals surface area contributed by atoms with Crippen LogP contribution in [-0.4, -0.2) is 29.6 Å². The highest BCUT2D eigenvalue weighted by atomic mass is 19.4. The first-order valence-electron chi connectivity index (χ1n) is 8.18. The van der Waals surface area contributed by atoms with E-state index < -0.39 is 12.3 Å². The molecule has 0 saturated carbocycles. The first-order chi connectivity index (χ1) is 13.1. The Kier molecular flexibility index (Phi) is 6.75. The number of amidine groups is 1. The number of ether oxygens (including phenoxy) is 1. The number of benzene rings is 2. The summed E-state index contributed by atoms with van der Waals surface area (Å²) in [5, 5.41) is 8.83. The van der Waals surface area contributed by atoms with Crippen molar-refractivity contribution in [2.45, 2.75) is 25.6 Å². The van der Waals surface area contributed by atoms with Gasteiger partial charge in [-0.1, -0.05) is 31.2 Å². The molecule has 0 aromatic heterocycles. The number of aliphatic carboxylic acids is 1. The van der Waals surface area contributed by atoms with Crippen LogP contribution >= 0.6 is 0 Å². The van der Waals surface area contributed by atoms with E-state index in [2.05, 4.69) is 14.7 Å². The molecule has 3 N–H and O–H groups in total. The minimum absolute atomic E-state index is 0.0301. The smallest absolute Gasteiger partial charge is 0.481 e. The molecule has 2 aromatic rings. The molecule has 0 amide bonds. The fraction of sp³-hybridized carbons (Fsp3) is 0.211. The fourth-order valence-corrected chi connectivity index (χ4v) is 2.33. The van der Waals surface area contributed by atoms with Gasteiger partial charge in [-0.15, -0.1) is 13.2 Å². The van der Waals surface area contributed by atoms with Crippen LogP contribution in [-0.2, 0) is 4.79 Å². The zero-order valence-corrected chi connectivity index (χ0v) is 14.8. The number of halogens is 3. The van der Waals surface area contributed by atoms with E-state index in [0.717, 1.165) is 17.7 Å². The lowest BCUT2D eigenvalue weighted by atomic mass is 9.97. The van der Waals surface area contributed by atoms with Crippen molar-refractivity contribution in [2.75, 3.05) is 0 Å². The van der Waals surface area contributed by atoms with Gasteiger partial charge in [0.05, 0.1) is 12.1 Å². The van der Waals surface area contributed by atoms with Crippen molar-refractivity contribution < 1.29 is 27.8 Å². The number of carbonyl (C=O) groups is 1.